The van der Waals surface area contributed by atoms with Crippen molar-refractivity contribution in [3.63, 3.8) is 0 Å². The van der Waals surface area contributed by atoms with Crippen LogP contribution in [0.1, 0.15) is 35.6 Å². The van der Waals surface area contributed by atoms with Gasteiger partial charge in [0.2, 0.25) is 12.7 Å². The summed E-state index contributed by atoms with van der Waals surface area (Å²) in [5.74, 6) is 2.37. The quantitative estimate of drug-likeness (QED) is 0.669. The summed E-state index contributed by atoms with van der Waals surface area (Å²) in [6, 6.07) is 7.96. The van der Waals surface area contributed by atoms with Crippen molar-refractivity contribution in [1.29, 1.82) is 0 Å². The average Bonchev–Trinajstić information content (AvgIpc) is 3.39. The molecule has 0 aliphatic carbocycles. The second-order valence-electron chi connectivity index (χ2n) is 8.19. The molecule has 1 saturated heterocycles. The Morgan fingerprint density at radius 3 is 2.77 bits per heavy atom. The molecule has 1 aromatic carbocycles. The van der Waals surface area contributed by atoms with E-state index >= 15 is 0 Å². The van der Waals surface area contributed by atoms with Gasteiger partial charge in [0.25, 0.3) is 5.78 Å². The van der Waals surface area contributed by atoms with Crippen LogP contribution in [0.15, 0.2) is 24.3 Å². The molecule has 9 nitrogen and oxygen atoms in total. The minimum atomic E-state index is -0.212. The molecule has 0 radical (unpaired) electrons. The van der Waals surface area contributed by atoms with Gasteiger partial charge in [0.05, 0.1) is 6.42 Å². The second-order valence-corrected chi connectivity index (χ2v) is 8.19. The number of amides is 1. The van der Waals surface area contributed by atoms with Crippen molar-refractivity contribution in [3.8, 4) is 11.5 Å². The monoisotopic (exact) mass is 423 g/mol. The van der Waals surface area contributed by atoms with Crippen molar-refractivity contribution in [3.05, 3.63) is 47.0 Å². The molecule has 1 fully saturated rings. The fraction of sp³-hybridized carbons (Fsp3) is 0.455. The third-order valence-corrected chi connectivity index (χ3v) is 6.04. The molecule has 0 atom stereocenters. The Balaban J connectivity index is 1.31. The van der Waals surface area contributed by atoms with Crippen molar-refractivity contribution in [2.45, 2.75) is 38.5 Å². The van der Waals surface area contributed by atoms with E-state index in [1.54, 1.807) is 4.52 Å². The Morgan fingerprint density at radius 2 is 1.94 bits per heavy atom. The molecule has 0 saturated carbocycles. The van der Waals surface area contributed by atoms with Crippen LogP contribution < -0.4 is 14.8 Å². The first-order valence-electron chi connectivity index (χ1n) is 10.5. The van der Waals surface area contributed by atoms with E-state index in [0.29, 0.717) is 31.4 Å². The molecule has 0 unspecified atom stereocenters. The van der Waals surface area contributed by atoms with Gasteiger partial charge in [-0.05, 0) is 50.5 Å². The number of ether oxygens (including phenoxy) is 3. The highest BCUT2D eigenvalue weighted by atomic mass is 16.7. The minimum absolute atomic E-state index is 0.107. The predicted octanol–water partition coefficient (Wildman–Crippen LogP) is 1.88. The lowest BCUT2D eigenvalue weighted by Gasteiger charge is -2.38. The lowest BCUT2D eigenvalue weighted by molar-refractivity contribution is -0.121. The molecule has 0 spiro atoms. The van der Waals surface area contributed by atoms with Crippen LogP contribution >= 0.6 is 0 Å². The first kappa shape index (κ1) is 19.7. The lowest BCUT2D eigenvalue weighted by atomic mass is 9.74. The zero-order valence-electron chi connectivity index (χ0n) is 17.7. The minimum Gasteiger partial charge on any atom is -0.454 e. The highest BCUT2D eigenvalue weighted by Gasteiger charge is 2.36. The molecule has 3 aromatic rings. The average molecular weight is 423 g/mol. The lowest BCUT2D eigenvalue weighted by Crippen LogP contribution is -2.45. The molecule has 2 aliphatic heterocycles. The summed E-state index contributed by atoms with van der Waals surface area (Å²) in [4.78, 5) is 21.5. The number of hydrogen-bond donors (Lipinski definition) is 1. The standard InChI is InChI=1S/C22H25N5O4/c1-14-9-15(2)27-21(24-14)25-19(26-27)11-20(28)23-12-22(5-7-29-8-6-22)16-3-4-17-18(10-16)31-13-30-17/h3-4,9-10H,5-8,11-13H2,1-2H3,(H,23,28). The molecule has 1 N–H and O–H groups in total. The van der Waals surface area contributed by atoms with Gasteiger partial charge in [-0.2, -0.15) is 4.98 Å². The van der Waals surface area contributed by atoms with Crippen LogP contribution in [0, 0.1) is 13.8 Å². The van der Waals surface area contributed by atoms with Crippen LogP contribution in [-0.2, 0) is 21.4 Å². The zero-order chi connectivity index (χ0) is 21.4. The Labute approximate surface area is 179 Å². The number of hydrogen-bond acceptors (Lipinski definition) is 7. The summed E-state index contributed by atoms with van der Waals surface area (Å²) in [6.45, 7) is 5.92. The van der Waals surface area contributed by atoms with Crippen LogP contribution in [0.2, 0.25) is 0 Å². The van der Waals surface area contributed by atoms with Crippen molar-refractivity contribution < 1.29 is 19.0 Å². The molecule has 2 aliphatic rings. The Kier molecular flexibility index (Phi) is 4.97. The number of fused-ring (bicyclic) bond motifs is 2. The van der Waals surface area contributed by atoms with Crippen molar-refractivity contribution in [1.82, 2.24) is 24.9 Å². The normalized spacial score (nSPS) is 17.1. The van der Waals surface area contributed by atoms with E-state index in [4.69, 9.17) is 14.2 Å². The van der Waals surface area contributed by atoms with Crippen LogP contribution in [0.5, 0.6) is 11.5 Å². The van der Waals surface area contributed by atoms with Gasteiger partial charge in [-0.3, -0.25) is 4.79 Å². The number of nitrogens with one attached hydrogen (secondary N) is 1. The largest absolute Gasteiger partial charge is 0.454 e. The van der Waals surface area contributed by atoms with E-state index < -0.39 is 0 Å². The highest BCUT2D eigenvalue weighted by molar-refractivity contribution is 5.78. The maximum absolute atomic E-state index is 12.7. The van der Waals surface area contributed by atoms with E-state index in [1.165, 1.54) is 0 Å². The molecule has 0 bridgehead atoms. The molecular formula is C22H25N5O4. The summed E-state index contributed by atoms with van der Waals surface area (Å²) in [6.07, 6.45) is 1.75. The zero-order valence-corrected chi connectivity index (χ0v) is 17.7. The third kappa shape index (κ3) is 3.81. The summed E-state index contributed by atoms with van der Waals surface area (Å²) >= 11 is 0. The van der Waals surface area contributed by atoms with Gasteiger partial charge in [-0.25, -0.2) is 9.50 Å². The molecule has 5 rings (SSSR count). The van der Waals surface area contributed by atoms with Gasteiger partial charge in [-0.15, -0.1) is 5.10 Å². The molecule has 1 amide bonds. The van der Waals surface area contributed by atoms with E-state index in [0.717, 1.165) is 41.3 Å². The van der Waals surface area contributed by atoms with Crippen molar-refractivity contribution >= 4 is 11.7 Å². The maximum Gasteiger partial charge on any atom is 0.252 e. The number of rotatable bonds is 5. The maximum atomic E-state index is 12.7. The predicted molar refractivity (Wildman–Crippen MR) is 111 cm³/mol. The topological polar surface area (TPSA) is 99.9 Å². The summed E-state index contributed by atoms with van der Waals surface area (Å²) < 4.78 is 18.3. The Hall–Kier alpha value is -3.20. The fourth-order valence-electron chi connectivity index (χ4n) is 4.31. The van der Waals surface area contributed by atoms with Gasteiger partial charge in [0.15, 0.2) is 17.3 Å². The molecular weight excluding hydrogens is 398 g/mol. The first-order chi connectivity index (χ1) is 15.0. The SMILES string of the molecule is Cc1cc(C)n2nc(CC(=O)NCC3(c4ccc5c(c4)OCO5)CCOCC3)nc2n1. The Bertz CT molecular complexity index is 1140. The summed E-state index contributed by atoms with van der Waals surface area (Å²) in [5.41, 5.74) is 2.72. The molecule has 9 heteroatoms. The molecule has 4 heterocycles. The molecule has 2 aromatic heterocycles. The number of aromatic nitrogens is 4. The number of nitrogens with zero attached hydrogens (tertiary/aromatic N) is 4. The first-order valence-corrected chi connectivity index (χ1v) is 10.5. The molecule has 31 heavy (non-hydrogen) atoms. The number of carbonyl (C=O) groups excluding carboxylic acids is 1. The van der Waals surface area contributed by atoms with Gasteiger partial charge in [0.1, 0.15) is 0 Å². The van der Waals surface area contributed by atoms with Crippen LogP contribution in [0.25, 0.3) is 5.78 Å². The van der Waals surface area contributed by atoms with Crippen molar-refractivity contribution in [2.75, 3.05) is 26.6 Å². The van der Waals surface area contributed by atoms with Gasteiger partial charge in [0, 0.05) is 36.6 Å². The van der Waals surface area contributed by atoms with Crippen LogP contribution in [-0.4, -0.2) is 52.0 Å². The molecule has 162 valence electrons. The third-order valence-electron chi connectivity index (χ3n) is 6.04. The Morgan fingerprint density at radius 1 is 1.13 bits per heavy atom. The van der Waals surface area contributed by atoms with Gasteiger partial charge >= 0.3 is 0 Å². The highest BCUT2D eigenvalue weighted by Crippen LogP contribution is 2.40. The van der Waals surface area contributed by atoms with E-state index in [-0.39, 0.29) is 24.5 Å². The smallest absolute Gasteiger partial charge is 0.252 e. The van der Waals surface area contributed by atoms with Crippen LogP contribution in [0.3, 0.4) is 0 Å². The summed E-state index contributed by atoms with van der Waals surface area (Å²) in [5, 5.41) is 7.54. The van der Waals surface area contributed by atoms with Crippen LogP contribution in [0.4, 0.5) is 0 Å². The summed E-state index contributed by atoms with van der Waals surface area (Å²) in [7, 11) is 0. The number of aryl methyl sites for hydroxylation is 2. The fourth-order valence-corrected chi connectivity index (χ4v) is 4.31. The van der Waals surface area contributed by atoms with E-state index in [1.807, 2.05) is 32.0 Å². The van der Waals surface area contributed by atoms with E-state index in [2.05, 4.69) is 26.4 Å². The second kappa shape index (κ2) is 7.81. The number of carbonyl (C=O) groups is 1. The number of benzene rings is 1. The van der Waals surface area contributed by atoms with E-state index in [9.17, 15) is 4.79 Å². The van der Waals surface area contributed by atoms with Crippen molar-refractivity contribution in [2.24, 2.45) is 0 Å². The van der Waals surface area contributed by atoms with Gasteiger partial charge in [-0.1, -0.05) is 6.07 Å². The van der Waals surface area contributed by atoms with Gasteiger partial charge < -0.3 is 19.5 Å².